The predicted molar refractivity (Wildman–Crippen MR) is 109 cm³/mol. The second-order valence-corrected chi connectivity index (χ2v) is 6.53. The van der Waals surface area contributed by atoms with Crippen molar-refractivity contribution < 1.29 is 37.7 Å². The van der Waals surface area contributed by atoms with Crippen LogP contribution in [-0.2, 0) is 6.54 Å². The molecule has 0 saturated carbocycles. The third kappa shape index (κ3) is 7.05. The van der Waals surface area contributed by atoms with Gasteiger partial charge < -0.3 is 25.6 Å². The number of aromatic nitrogens is 3. The van der Waals surface area contributed by atoms with Crippen molar-refractivity contribution in [2.45, 2.75) is 12.7 Å². The lowest BCUT2D eigenvalue weighted by atomic mass is 10.1. The quantitative estimate of drug-likeness (QED) is 0.371. The predicted octanol–water partition coefficient (Wildman–Crippen LogP) is 3.56. The van der Waals surface area contributed by atoms with E-state index in [0.29, 0.717) is 11.3 Å². The van der Waals surface area contributed by atoms with E-state index in [2.05, 4.69) is 30.3 Å². The number of carbonyl (C=O) groups is 2. The van der Waals surface area contributed by atoms with Crippen molar-refractivity contribution in [1.82, 2.24) is 15.0 Å². The van der Waals surface area contributed by atoms with E-state index in [1.54, 1.807) is 12.1 Å². The van der Waals surface area contributed by atoms with Crippen molar-refractivity contribution in [3.05, 3.63) is 65.2 Å². The number of anilines is 3. The Hall–Kier alpha value is -4.42. The van der Waals surface area contributed by atoms with Gasteiger partial charge in [0.25, 0.3) is 0 Å². The fourth-order valence-electron chi connectivity index (χ4n) is 2.47. The normalized spacial score (nSPS) is 11.0. The van der Waals surface area contributed by atoms with Crippen molar-refractivity contribution in [1.29, 1.82) is 0 Å². The van der Waals surface area contributed by atoms with Crippen LogP contribution in [-0.4, -0.2) is 49.9 Å². The number of nitrogens with one attached hydrogen (secondary N) is 2. The van der Waals surface area contributed by atoms with Crippen molar-refractivity contribution >= 4 is 29.5 Å². The second-order valence-electron chi connectivity index (χ2n) is 6.53. The minimum Gasteiger partial charge on any atom is -0.478 e. The summed E-state index contributed by atoms with van der Waals surface area (Å²) < 4.78 is 42.2. The molecule has 10 nitrogen and oxygen atoms in total. The lowest BCUT2D eigenvalue weighted by Crippen LogP contribution is -2.21. The summed E-state index contributed by atoms with van der Waals surface area (Å²) in [6.45, 7) is -1.48. The first-order valence-corrected chi connectivity index (χ1v) is 9.21. The molecule has 1 heterocycles. The molecular formula is C20H16F3N5O5. The Bertz CT molecular complexity index is 1140. The molecule has 0 aliphatic heterocycles. The van der Waals surface area contributed by atoms with Crippen LogP contribution in [0.25, 0.3) is 0 Å². The molecule has 0 bridgehead atoms. The first kappa shape index (κ1) is 23.2. The van der Waals surface area contributed by atoms with Crippen molar-refractivity contribution in [3.63, 3.8) is 0 Å². The number of halogens is 3. The van der Waals surface area contributed by atoms with Crippen LogP contribution in [0.1, 0.15) is 26.3 Å². The zero-order valence-electron chi connectivity index (χ0n) is 16.6. The van der Waals surface area contributed by atoms with Crippen LogP contribution in [0.15, 0.2) is 48.5 Å². The van der Waals surface area contributed by atoms with E-state index < -0.39 is 30.7 Å². The standard InChI is InChI=1S/C20H16F3N5O5/c21-20(22,23)10-33-19-27-17(24-9-11-1-3-12(4-2-11)15(29)30)26-18(28-19)25-14-7-5-13(6-8-14)16(31)32/h1-8H,9-10H2,(H,29,30)(H,31,32)(H2,24,25,26,27,28). The van der Waals surface area contributed by atoms with E-state index in [0.717, 1.165) is 0 Å². The largest absolute Gasteiger partial charge is 0.478 e. The number of hydrogen-bond acceptors (Lipinski definition) is 8. The van der Waals surface area contributed by atoms with Gasteiger partial charge in [0.1, 0.15) is 0 Å². The summed E-state index contributed by atoms with van der Waals surface area (Å²) in [5.74, 6) is -2.44. The highest BCUT2D eigenvalue weighted by Crippen LogP contribution is 2.20. The highest BCUT2D eigenvalue weighted by atomic mass is 19.4. The van der Waals surface area contributed by atoms with Crippen molar-refractivity contribution in [2.24, 2.45) is 0 Å². The number of ether oxygens (including phenoxy) is 1. The maximum atomic E-state index is 12.5. The number of aromatic carboxylic acids is 2. The Labute approximate surface area is 184 Å². The van der Waals surface area contributed by atoms with Crippen LogP contribution in [0, 0.1) is 0 Å². The molecular weight excluding hydrogens is 447 g/mol. The summed E-state index contributed by atoms with van der Waals surface area (Å²) in [5.41, 5.74) is 1.18. The molecule has 0 saturated heterocycles. The molecule has 0 fully saturated rings. The monoisotopic (exact) mass is 463 g/mol. The molecule has 2 aromatic carbocycles. The smallest absolute Gasteiger partial charge is 0.422 e. The van der Waals surface area contributed by atoms with Gasteiger partial charge in [0.05, 0.1) is 11.1 Å². The molecule has 33 heavy (non-hydrogen) atoms. The molecule has 1 aromatic heterocycles. The Kier molecular flexibility index (Phi) is 6.91. The van der Waals surface area contributed by atoms with E-state index in [4.69, 9.17) is 10.2 Å². The summed E-state index contributed by atoms with van der Waals surface area (Å²) in [4.78, 5) is 33.6. The number of rotatable bonds is 9. The Morgan fingerprint density at radius 1 is 0.848 bits per heavy atom. The topological polar surface area (TPSA) is 147 Å². The molecule has 4 N–H and O–H groups in total. The van der Waals surface area contributed by atoms with Gasteiger partial charge in [0.2, 0.25) is 11.9 Å². The summed E-state index contributed by atoms with van der Waals surface area (Å²) in [7, 11) is 0. The van der Waals surface area contributed by atoms with Gasteiger partial charge in [-0.05, 0) is 42.0 Å². The van der Waals surface area contributed by atoms with Crippen LogP contribution >= 0.6 is 0 Å². The van der Waals surface area contributed by atoms with Gasteiger partial charge in [0.15, 0.2) is 6.61 Å². The molecule has 3 rings (SSSR count). The zero-order chi connectivity index (χ0) is 24.0. The minimum atomic E-state index is -4.60. The van der Waals surface area contributed by atoms with E-state index in [9.17, 15) is 22.8 Å². The first-order chi connectivity index (χ1) is 15.6. The molecule has 0 aliphatic carbocycles. The average molecular weight is 463 g/mol. The Morgan fingerprint density at radius 3 is 1.94 bits per heavy atom. The summed E-state index contributed by atoms with van der Waals surface area (Å²) >= 11 is 0. The van der Waals surface area contributed by atoms with Gasteiger partial charge >= 0.3 is 24.1 Å². The SMILES string of the molecule is O=C(O)c1ccc(CNc2nc(Nc3ccc(C(=O)O)cc3)nc(OCC(F)(F)F)n2)cc1. The lowest BCUT2D eigenvalue weighted by molar-refractivity contribution is -0.154. The molecule has 0 atom stereocenters. The number of nitrogens with zero attached hydrogens (tertiary/aromatic N) is 3. The van der Waals surface area contributed by atoms with Crippen LogP contribution in [0.5, 0.6) is 6.01 Å². The van der Waals surface area contributed by atoms with Gasteiger partial charge in [-0.15, -0.1) is 0 Å². The molecule has 13 heteroatoms. The maximum absolute atomic E-state index is 12.5. The third-order valence-electron chi connectivity index (χ3n) is 4.02. The number of carboxylic acid groups (broad SMARTS) is 2. The minimum absolute atomic E-state index is 0.0432. The lowest BCUT2D eigenvalue weighted by Gasteiger charge is -2.12. The number of carboxylic acids is 2. The van der Waals surface area contributed by atoms with Crippen LogP contribution in [0.3, 0.4) is 0 Å². The molecule has 172 valence electrons. The van der Waals surface area contributed by atoms with Gasteiger partial charge in [-0.2, -0.15) is 28.1 Å². The Morgan fingerprint density at radius 2 is 1.39 bits per heavy atom. The molecule has 0 radical (unpaired) electrons. The Balaban J connectivity index is 1.78. The van der Waals surface area contributed by atoms with Gasteiger partial charge in [-0.3, -0.25) is 0 Å². The van der Waals surface area contributed by atoms with Crippen LogP contribution in [0.2, 0.25) is 0 Å². The van der Waals surface area contributed by atoms with E-state index in [-0.39, 0.29) is 29.6 Å². The highest BCUT2D eigenvalue weighted by molar-refractivity contribution is 5.88. The molecule has 0 spiro atoms. The van der Waals surface area contributed by atoms with E-state index >= 15 is 0 Å². The fourth-order valence-corrected chi connectivity index (χ4v) is 2.47. The second kappa shape index (κ2) is 9.80. The summed E-state index contributed by atoms with van der Waals surface area (Å²) in [6.07, 6.45) is -4.60. The summed E-state index contributed by atoms with van der Waals surface area (Å²) in [5, 5.41) is 23.5. The third-order valence-corrected chi connectivity index (χ3v) is 4.02. The van der Waals surface area contributed by atoms with Gasteiger partial charge in [-0.1, -0.05) is 12.1 Å². The van der Waals surface area contributed by atoms with Gasteiger partial charge in [0, 0.05) is 12.2 Å². The van der Waals surface area contributed by atoms with Crippen molar-refractivity contribution in [3.8, 4) is 6.01 Å². The zero-order valence-corrected chi connectivity index (χ0v) is 16.6. The van der Waals surface area contributed by atoms with Crippen molar-refractivity contribution in [2.75, 3.05) is 17.2 Å². The highest BCUT2D eigenvalue weighted by Gasteiger charge is 2.29. The maximum Gasteiger partial charge on any atom is 0.422 e. The molecule has 3 aromatic rings. The van der Waals surface area contributed by atoms with E-state index in [1.165, 1.54) is 36.4 Å². The molecule has 0 aliphatic rings. The van der Waals surface area contributed by atoms with Gasteiger partial charge in [-0.25, -0.2) is 9.59 Å². The molecule has 0 amide bonds. The van der Waals surface area contributed by atoms with Crippen LogP contribution < -0.4 is 15.4 Å². The summed E-state index contributed by atoms with van der Waals surface area (Å²) in [6, 6.07) is 10.8. The fraction of sp³-hybridized carbons (Fsp3) is 0.150. The molecule has 0 unspecified atom stereocenters. The first-order valence-electron chi connectivity index (χ1n) is 9.21. The number of hydrogen-bond donors (Lipinski definition) is 4. The average Bonchev–Trinajstić information content (AvgIpc) is 2.76. The number of alkyl halides is 3. The number of benzene rings is 2. The van der Waals surface area contributed by atoms with Crippen LogP contribution in [0.4, 0.5) is 30.8 Å². The van der Waals surface area contributed by atoms with E-state index in [1.807, 2.05) is 0 Å².